The molecule has 3 rings (SSSR count). The van der Waals surface area contributed by atoms with Crippen LogP contribution in [0.5, 0.6) is 5.75 Å². The van der Waals surface area contributed by atoms with Gasteiger partial charge in [0.2, 0.25) is 5.76 Å². The highest BCUT2D eigenvalue weighted by Crippen LogP contribution is 2.29. The number of rotatable bonds is 3. The zero-order chi connectivity index (χ0) is 13.4. The number of carbonyl (C=O) groups is 1. The smallest absolute Gasteiger partial charge is 0.374 e. The van der Waals surface area contributed by atoms with Gasteiger partial charge in [0.15, 0.2) is 0 Å². The average Bonchev–Trinajstić information content (AvgIpc) is 3.04. The van der Waals surface area contributed by atoms with Gasteiger partial charge in [-0.25, -0.2) is 4.79 Å². The first-order valence-corrected chi connectivity index (χ1v) is 5.55. The summed E-state index contributed by atoms with van der Waals surface area (Å²) in [5, 5.41) is 13.5. The van der Waals surface area contributed by atoms with E-state index >= 15 is 0 Å². The van der Waals surface area contributed by atoms with Gasteiger partial charge in [-0.3, -0.25) is 0 Å². The number of methoxy groups -OCH3 is 1. The predicted molar refractivity (Wildman–Crippen MR) is 67.3 cm³/mol. The topological polar surface area (TPSA) is 88.3 Å². The van der Waals surface area contributed by atoms with Crippen LogP contribution >= 0.6 is 0 Å². The second kappa shape index (κ2) is 4.16. The van der Waals surface area contributed by atoms with Crippen molar-refractivity contribution in [2.24, 2.45) is 0 Å². The minimum atomic E-state index is -1.15. The van der Waals surface area contributed by atoms with Gasteiger partial charge in [0.05, 0.1) is 18.3 Å². The maximum atomic E-state index is 10.8. The molecule has 96 valence electrons. The fourth-order valence-corrected chi connectivity index (χ4v) is 1.94. The fourth-order valence-electron chi connectivity index (χ4n) is 1.94. The summed E-state index contributed by atoms with van der Waals surface area (Å²) >= 11 is 0. The van der Waals surface area contributed by atoms with Gasteiger partial charge >= 0.3 is 5.97 Å². The summed E-state index contributed by atoms with van der Waals surface area (Å²) in [6.45, 7) is 0. The van der Waals surface area contributed by atoms with Gasteiger partial charge in [0.25, 0.3) is 0 Å². The summed E-state index contributed by atoms with van der Waals surface area (Å²) < 4.78 is 9.98. The third kappa shape index (κ3) is 1.83. The number of fused-ring (bicyclic) bond motifs is 1. The standard InChI is InChI=1S/C13H10N2O4/c1-18-10-4-2-3-7-5-8(14-12(7)10)9-6-11(13(16)17)19-15-9/h2-6,14H,1H3,(H,16,17). The van der Waals surface area contributed by atoms with Gasteiger partial charge in [0, 0.05) is 11.5 Å². The van der Waals surface area contributed by atoms with Gasteiger partial charge in [0.1, 0.15) is 11.4 Å². The molecule has 0 aliphatic heterocycles. The second-order valence-corrected chi connectivity index (χ2v) is 3.99. The summed E-state index contributed by atoms with van der Waals surface area (Å²) in [5.41, 5.74) is 1.95. The van der Waals surface area contributed by atoms with Gasteiger partial charge in [-0.15, -0.1) is 0 Å². The molecular weight excluding hydrogens is 248 g/mol. The zero-order valence-corrected chi connectivity index (χ0v) is 10.0. The lowest BCUT2D eigenvalue weighted by Gasteiger charge is -1.99. The molecule has 2 N–H and O–H groups in total. The average molecular weight is 258 g/mol. The van der Waals surface area contributed by atoms with Crippen molar-refractivity contribution >= 4 is 16.9 Å². The predicted octanol–water partition coefficient (Wildman–Crippen LogP) is 2.53. The lowest BCUT2D eigenvalue weighted by Crippen LogP contribution is -1.91. The van der Waals surface area contributed by atoms with E-state index in [4.69, 9.17) is 14.4 Å². The molecule has 6 heteroatoms. The Morgan fingerprint density at radius 2 is 2.26 bits per heavy atom. The van der Waals surface area contributed by atoms with Crippen LogP contribution in [0.3, 0.4) is 0 Å². The van der Waals surface area contributed by atoms with E-state index in [0.717, 1.165) is 10.9 Å². The Hall–Kier alpha value is -2.76. The molecule has 0 atom stereocenters. The highest BCUT2D eigenvalue weighted by atomic mass is 16.5. The van der Waals surface area contributed by atoms with E-state index in [9.17, 15) is 4.79 Å². The third-order valence-corrected chi connectivity index (χ3v) is 2.83. The quantitative estimate of drug-likeness (QED) is 0.753. The number of hydrogen-bond acceptors (Lipinski definition) is 4. The normalized spacial score (nSPS) is 10.8. The Labute approximate surface area is 107 Å². The van der Waals surface area contributed by atoms with Crippen LogP contribution in [-0.4, -0.2) is 28.3 Å². The highest BCUT2D eigenvalue weighted by molar-refractivity contribution is 5.91. The lowest BCUT2D eigenvalue weighted by atomic mass is 10.2. The Kier molecular flexibility index (Phi) is 2.49. The molecule has 19 heavy (non-hydrogen) atoms. The maximum absolute atomic E-state index is 10.8. The molecular formula is C13H10N2O4. The Balaban J connectivity index is 2.12. The SMILES string of the molecule is COc1cccc2cc(-c3cc(C(=O)O)on3)[nH]c12. The zero-order valence-electron chi connectivity index (χ0n) is 10.0. The second-order valence-electron chi connectivity index (χ2n) is 3.99. The molecule has 0 bridgehead atoms. The van der Waals surface area contributed by atoms with Crippen molar-refractivity contribution in [1.82, 2.24) is 10.1 Å². The first-order chi connectivity index (χ1) is 9.19. The molecule has 0 aliphatic carbocycles. The number of para-hydroxylation sites is 1. The van der Waals surface area contributed by atoms with Crippen molar-refractivity contribution in [2.45, 2.75) is 0 Å². The first kappa shape index (κ1) is 11.3. The Bertz CT molecular complexity index is 757. The van der Waals surface area contributed by atoms with Gasteiger partial charge in [-0.2, -0.15) is 0 Å². The number of nitrogens with zero attached hydrogens (tertiary/aromatic N) is 1. The molecule has 0 saturated carbocycles. The largest absolute Gasteiger partial charge is 0.495 e. The number of nitrogens with one attached hydrogen (secondary N) is 1. The van der Waals surface area contributed by atoms with Gasteiger partial charge < -0.3 is 19.4 Å². The number of benzene rings is 1. The Morgan fingerprint density at radius 1 is 1.42 bits per heavy atom. The van der Waals surface area contributed by atoms with E-state index < -0.39 is 5.97 Å². The number of hydrogen-bond donors (Lipinski definition) is 2. The van der Waals surface area contributed by atoms with Crippen molar-refractivity contribution in [1.29, 1.82) is 0 Å². The van der Waals surface area contributed by atoms with Crippen molar-refractivity contribution in [3.05, 3.63) is 36.1 Å². The van der Waals surface area contributed by atoms with Crippen molar-refractivity contribution < 1.29 is 19.2 Å². The van der Waals surface area contributed by atoms with Gasteiger partial charge in [-0.05, 0) is 12.1 Å². The van der Waals surface area contributed by atoms with E-state index in [1.165, 1.54) is 6.07 Å². The van der Waals surface area contributed by atoms with E-state index in [1.54, 1.807) is 7.11 Å². The molecule has 0 spiro atoms. The van der Waals surface area contributed by atoms with Crippen LogP contribution in [0, 0.1) is 0 Å². The van der Waals surface area contributed by atoms with Crippen LogP contribution in [0.25, 0.3) is 22.3 Å². The summed E-state index contributed by atoms with van der Waals surface area (Å²) in [6, 6.07) is 8.88. The van der Waals surface area contributed by atoms with E-state index in [1.807, 2.05) is 24.3 Å². The third-order valence-electron chi connectivity index (χ3n) is 2.83. The van der Waals surface area contributed by atoms with E-state index in [0.29, 0.717) is 17.1 Å². The number of aromatic nitrogens is 2. The van der Waals surface area contributed by atoms with E-state index in [2.05, 4.69) is 10.1 Å². The van der Waals surface area contributed by atoms with Crippen LogP contribution in [0.1, 0.15) is 10.6 Å². The number of carboxylic acids is 1. The van der Waals surface area contributed by atoms with Crippen LogP contribution < -0.4 is 4.74 Å². The van der Waals surface area contributed by atoms with Crippen molar-refractivity contribution in [2.75, 3.05) is 7.11 Å². The number of carboxylic acid groups (broad SMARTS) is 1. The van der Waals surface area contributed by atoms with Gasteiger partial charge in [-0.1, -0.05) is 17.3 Å². The molecule has 0 fully saturated rings. The lowest BCUT2D eigenvalue weighted by molar-refractivity contribution is 0.0652. The molecule has 0 radical (unpaired) electrons. The minimum absolute atomic E-state index is 0.194. The maximum Gasteiger partial charge on any atom is 0.374 e. The number of aromatic amines is 1. The van der Waals surface area contributed by atoms with E-state index in [-0.39, 0.29) is 5.76 Å². The molecule has 0 unspecified atom stereocenters. The minimum Gasteiger partial charge on any atom is -0.495 e. The summed E-state index contributed by atoms with van der Waals surface area (Å²) in [6.07, 6.45) is 0. The van der Waals surface area contributed by atoms with Crippen molar-refractivity contribution in [3.8, 4) is 17.1 Å². The Morgan fingerprint density at radius 3 is 2.95 bits per heavy atom. The molecule has 0 amide bonds. The molecule has 2 aromatic heterocycles. The first-order valence-electron chi connectivity index (χ1n) is 5.55. The van der Waals surface area contributed by atoms with Crippen LogP contribution in [-0.2, 0) is 0 Å². The van der Waals surface area contributed by atoms with Crippen LogP contribution in [0.15, 0.2) is 34.9 Å². The molecule has 1 aromatic carbocycles. The van der Waals surface area contributed by atoms with Crippen LogP contribution in [0.2, 0.25) is 0 Å². The monoisotopic (exact) mass is 258 g/mol. The molecule has 3 aromatic rings. The summed E-state index contributed by atoms with van der Waals surface area (Å²) in [4.78, 5) is 13.9. The number of H-pyrrole nitrogens is 1. The van der Waals surface area contributed by atoms with Crippen molar-refractivity contribution in [3.63, 3.8) is 0 Å². The molecule has 0 saturated heterocycles. The fraction of sp³-hybridized carbons (Fsp3) is 0.0769. The number of ether oxygens (including phenoxy) is 1. The molecule has 2 heterocycles. The molecule has 0 aliphatic rings. The molecule has 6 nitrogen and oxygen atoms in total. The van der Waals surface area contributed by atoms with Crippen LogP contribution in [0.4, 0.5) is 0 Å². The highest BCUT2D eigenvalue weighted by Gasteiger charge is 2.14. The number of aromatic carboxylic acids is 1. The summed E-state index contributed by atoms with van der Waals surface area (Å²) in [7, 11) is 1.59. The summed E-state index contributed by atoms with van der Waals surface area (Å²) in [5.74, 6) is -0.626.